The van der Waals surface area contributed by atoms with Crippen LogP contribution in [0.15, 0.2) is 47.4 Å². The summed E-state index contributed by atoms with van der Waals surface area (Å²) < 4.78 is 58.4. The molecule has 0 aromatic heterocycles. The van der Waals surface area contributed by atoms with Crippen LogP contribution >= 0.6 is 23.2 Å². The lowest BCUT2D eigenvalue weighted by Gasteiger charge is -2.30. The van der Waals surface area contributed by atoms with Gasteiger partial charge in [-0.3, -0.25) is 9.10 Å². The van der Waals surface area contributed by atoms with Gasteiger partial charge in [-0.25, -0.2) is 16.8 Å². The van der Waals surface area contributed by atoms with Crippen molar-refractivity contribution in [2.24, 2.45) is 0 Å². The van der Waals surface area contributed by atoms with Crippen molar-refractivity contribution in [1.82, 2.24) is 9.62 Å². The van der Waals surface area contributed by atoms with Crippen molar-refractivity contribution in [3.05, 3.63) is 52.5 Å². The number of benzene rings is 2. The van der Waals surface area contributed by atoms with Crippen LogP contribution < -0.4 is 14.4 Å². The topological polar surface area (TPSA) is 113 Å². The lowest BCUT2D eigenvalue weighted by Crippen LogP contribution is -2.50. The number of carbonyl (C=O) groups is 1. The first-order valence-corrected chi connectivity index (χ1v) is 15.4. The Hall–Kier alpha value is -2.05. The highest BCUT2D eigenvalue weighted by Gasteiger charge is 2.33. The van der Waals surface area contributed by atoms with E-state index in [2.05, 4.69) is 5.32 Å². The minimum atomic E-state index is -3.86. The van der Waals surface area contributed by atoms with E-state index in [0.717, 1.165) is 23.4 Å². The van der Waals surface area contributed by atoms with Crippen LogP contribution in [0.2, 0.25) is 10.0 Å². The van der Waals surface area contributed by atoms with Gasteiger partial charge in [0.05, 0.1) is 28.4 Å². The molecule has 3 rings (SSSR count). The zero-order chi connectivity index (χ0) is 26.5. The Morgan fingerprint density at radius 3 is 2.31 bits per heavy atom. The Kier molecular flexibility index (Phi) is 9.50. The highest BCUT2D eigenvalue weighted by atomic mass is 35.5. The maximum atomic E-state index is 12.9. The summed E-state index contributed by atoms with van der Waals surface area (Å²) in [5.74, 6) is -0.0743. The summed E-state index contributed by atoms with van der Waals surface area (Å²) in [6, 6.07) is 9.46. The monoisotopic (exact) mass is 577 g/mol. The van der Waals surface area contributed by atoms with Gasteiger partial charge < -0.3 is 10.1 Å². The molecule has 1 saturated heterocycles. The molecule has 2 aromatic rings. The average Bonchev–Trinajstić information content (AvgIpc) is 3.37. The standard InChI is InChI=1S/C23H29Cl2N3O6S2/c1-3-21(28(35(2,30)31)22-16-17(24)6-11-20(22)25)23(29)26-12-15-34-18-7-9-19(10-8-18)36(32,33)27-13-4-5-14-27/h6-11,16,21H,3-5,12-15H2,1-2H3,(H,26,29). The summed E-state index contributed by atoms with van der Waals surface area (Å²) >= 11 is 12.3. The van der Waals surface area contributed by atoms with Gasteiger partial charge in [-0.2, -0.15) is 4.31 Å². The molecule has 1 aliphatic heterocycles. The SMILES string of the molecule is CCC(C(=O)NCCOc1ccc(S(=O)(=O)N2CCCC2)cc1)N(c1cc(Cl)ccc1Cl)S(C)(=O)=O. The van der Waals surface area contributed by atoms with Crippen LogP contribution in [-0.2, 0) is 24.8 Å². The number of halogens is 2. The van der Waals surface area contributed by atoms with E-state index >= 15 is 0 Å². The molecule has 2 aromatic carbocycles. The van der Waals surface area contributed by atoms with E-state index in [1.165, 1.54) is 34.6 Å². The molecule has 1 amide bonds. The second-order valence-electron chi connectivity index (χ2n) is 8.30. The molecule has 0 radical (unpaired) electrons. The molecule has 0 saturated carbocycles. The van der Waals surface area contributed by atoms with E-state index in [-0.39, 0.29) is 40.2 Å². The minimum Gasteiger partial charge on any atom is -0.492 e. The number of carbonyl (C=O) groups excluding carboxylic acids is 1. The molecular formula is C23H29Cl2N3O6S2. The van der Waals surface area contributed by atoms with E-state index < -0.39 is 32.0 Å². The average molecular weight is 579 g/mol. The molecule has 1 heterocycles. The van der Waals surface area contributed by atoms with Crippen molar-refractivity contribution in [2.45, 2.75) is 37.1 Å². The number of rotatable bonds is 11. The van der Waals surface area contributed by atoms with Gasteiger partial charge in [0, 0.05) is 18.1 Å². The Morgan fingerprint density at radius 2 is 1.72 bits per heavy atom. The molecule has 1 atom stereocenters. The molecule has 36 heavy (non-hydrogen) atoms. The largest absolute Gasteiger partial charge is 0.492 e. The first kappa shape index (κ1) is 28.5. The zero-order valence-electron chi connectivity index (χ0n) is 20.0. The Morgan fingerprint density at radius 1 is 1.08 bits per heavy atom. The fraction of sp³-hybridized carbons (Fsp3) is 0.435. The lowest BCUT2D eigenvalue weighted by molar-refractivity contribution is -0.122. The highest BCUT2D eigenvalue weighted by molar-refractivity contribution is 7.92. The number of ether oxygens (including phenoxy) is 1. The van der Waals surface area contributed by atoms with E-state index in [4.69, 9.17) is 27.9 Å². The molecule has 9 nitrogen and oxygen atoms in total. The molecule has 1 N–H and O–H groups in total. The highest BCUT2D eigenvalue weighted by Crippen LogP contribution is 2.33. The van der Waals surface area contributed by atoms with E-state index in [1.807, 2.05) is 0 Å². The van der Waals surface area contributed by atoms with Crippen molar-refractivity contribution in [3.8, 4) is 5.75 Å². The molecule has 13 heteroatoms. The number of anilines is 1. The number of hydrogen-bond donors (Lipinski definition) is 1. The first-order chi connectivity index (χ1) is 16.9. The minimum absolute atomic E-state index is 0.0944. The fourth-order valence-corrected chi connectivity index (χ4v) is 7.09. The van der Waals surface area contributed by atoms with Crippen LogP contribution in [-0.4, -0.2) is 65.6 Å². The predicted octanol–water partition coefficient (Wildman–Crippen LogP) is 3.52. The maximum absolute atomic E-state index is 12.9. The quantitative estimate of drug-likeness (QED) is 0.409. The van der Waals surface area contributed by atoms with Crippen LogP contribution in [0.1, 0.15) is 26.2 Å². The molecule has 1 unspecified atom stereocenters. The third-order valence-electron chi connectivity index (χ3n) is 5.67. The van der Waals surface area contributed by atoms with Gasteiger partial charge >= 0.3 is 0 Å². The summed E-state index contributed by atoms with van der Waals surface area (Å²) in [7, 11) is -7.37. The van der Waals surface area contributed by atoms with Crippen LogP contribution in [0.25, 0.3) is 0 Å². The van der Waals surface area contributed by atoms with Crippen LogP contribution in [0.4, 0.5) is 5.69 Å². The van der Waals surface area contributed by atoms with E-state index in [1.54, 1.807) is 19.1 Å². The third kappa shape index (κ3) is 6.83. The molecule has 0 aliphatic carbocycles. The van der Waals surface area contributed by atoms with Gasteiger partial charge in [0.15, 0.2) is 0 Å². The molecule has 0 spiro atoms. The van der Waals surface area contributed by atoms with Gasteiger partial charge in [0.25, 0.3) is 0 Å². The number of nitrogens with one attached hydrogen (secondary N) is 1. The summed E-state index contributed by atoms with van der Waals surface area (Å²) in [6.07, 6.45) is 2.91. The second kappa shape index (κ2) is 12.0. The number of sulfonamides is 2. The van der Waals surface area contributed by atoms with Gasteiger partial charge in [-0.15, -0.1) is 0 Å². The van der Waals surface area contributed by atoms with Gasteiger partial charge in [-0.05, 0) is 61.7 Å². The second-order valence-corrected chi connectivity index (χ2v) is 12.9. The van der Waals surface area contributed by atoms with Crippen molar-refractivity contribution < 1.29 is 26.4 Å². The van der Waals surface area contributed by atoms with Crippen molar-refractivity contribution >= 4 is 54.8 Å². The van der Waals surface area contributed by atoms with Gasteiger partial charge in [0.1, 0.15) is 18.4 Å². The fourth-order valence-electron chi connectivity index (χ4n) is 3.94. The normalized spacial score (nSPS) is 15.4. The number of hydrogen-bond acceptors (Lipinski definition) is 6. The van der Waals surface area contributed by atoms with Gasteiger partial charge in [-0.1, -0.05) is 30.1 Å². The Balaban J connectivity index is 1.60. The van der Waals surface area contributed by atoms with Crippen LogP contribution in [0.3, 0.4) is 0 Å². The first-order valence-electron chi connectivity index (χ1n) is 11.4. The van der Waals surface area contributed by atoms with Crippen LogP contribution in [0.5, 0.6) is 5.75 Å². The van der Waals surface area contributed by atoms with Crippen molar-refractivity contribution in [3.63, 3.8) is 0 Å². The van der Waals surface area contributed by atoms with E-state index in [0.29, 0.717) is 18.8 Å². The van der Waals surface area contributed by atoms with E-state index in [9.17, 15) is 21.6 Å². The zero-order valence-corrected chi connectivity index (χ0v) is 23.1. The Labute approximate surface area is 222 Å². The molecule has 0 bridgehead atoms. The Bertz CT molecular complexity index is 1280. The van der Waals surface area contributed by atoms with Gasteiger partial charge in [0.2, 0.25) is 26.0 Å². The summed E-state index contributed by atoms with van der Waals surface area (Å²) in [4.78, 5) is 13.1. The summed E-state index contributed by atoms with van der Waals surface area (Å²) in [6.45, 7) is 2.94. The number of amides is 1. The van der Waals surface area contributed by atoms with Crippen molar-refractivity contribution in [2.75, 3.05) is 36.8 Å². The van der Waals surface area contributed by atoms with Crippen LogP contribution in [0, 0.1) is 0 Å². The third-order valence-corrected chi connectivity index (χ3v) is 9.31. The lowest BCUT2D eigenvalue weighted by atomic mass is 10.2. The summed E-state index contributed by atoms with van der Waals surface area (Å²) in [5.41, 5.74) is 0.119. The molecule has 1 aliphatic rings. The summed E-state index contributed by atoms with van der Waals surface area (Å²) in [5, 5.41) is 3.12. The molecule has 198 valence electrons. The van der Waals surface area contributed by atoms with Crippen molar-refractivity contribution in [1.29, 1.82) is 0 Å². The number of nitrogens with zero attached hydrogens (tertiary/aromatic N) is 2. The maximum Gasteiger partial charge on any atom is 0.244 e. The molecule has 1 fully saturated rings. The molecular weight excluding hydrogens is 549 g/mol. The predicted molar refractivity (Wildman–Crippen MR) is 141 cm³/mol. The smallest absolute Gasteiger partial charge is 0.244 e.